The highest BCUT2D eigenvalue weighted by molar-refractivity contribution is 6.11. The van der Waals surface area contributed by atoms with Gasteiger partial charge in [-0.25, -0.2) is 0 Å². The summed E-state index contributed by atoms with van der Waals surface area (Å²) in [5.41, 5.74) is 1.41. The Labute approximate surface area is 143 Å². The maximum Gasteiger partial charge on any atom is 0.198 e. The molecule has 4 rings (SSSR count). The maximum atomic E-state index is 13.2. The van der Waals surface area contributed by atoms with E-state index in [1.165, 1.54) is 18.4 Å². The largest absolute Gasteiger partial charge is 0.470 e. The number of H-pyrrole nitrogens is 1. The van der Waals surface area contributed by atoms with E-state index in [9.17, 15) is 9.59 Å². The van der Waals surface area contributed by atoms with Crippen LogP contribution in [-0.2, 0) is 0 Å². The lowest BCUT2D eigenvalue weighted by atomic mass is 10.0. The minimum atomic E-state index is -0.0878. The first-order valence-corrected chi connectivity index (χ1v) is 8.37. The Morgan fingerprint density at radius 2 is 1.80 bits per heavy atom. The molecule has 126 valence electrons. The van der Waals surface area contributed by atoms with E-state index in [1.807, 2.05) is 6.07 Å². The zero-order valence-corrected chi connectivity index (χ0v) is 14.1. The van der Waals surface area contributed by atoms with Crippen molar-refractivity contribution < 1.29 is 4.42 Å². The molecule has 0 saturated carbocycles. The quantitative estimate of drug-likeness (QED) is 0.459. The molecule has 0 amide bonds. The van der Waals surface area contributed by atoms with Crippen LogP contribution in [0.2, 0.25) is 0 Å². The number of benzene rings is 2. The summed E-state index contributed by atoms with van der Waals surface area (Å²) in [4.78, 5) is 30.0. The number of rotatable bonds is 3. The van der Waals surface area contributed by atoms with Gasteiger partial charge in [-0.1, -0.05) is 0 Å². The number of nitrogens with zero attached hydrogens (tertiary/aromatic N) is 1. The maximum absolute atomic E-state index is 13.2. The van der Waals surface area contributed by atoms with Crippen molar-refractivity contribution >= 4 is 38.1 Å². The summed E-state index contributed by atoms with van der Waals surface area (Å²) in [7, 11) is 0. The highest BCUT2D eigenvalue weighted by atomic mass is 16.3. The van der Waals surface area contributed by atoms with Crippen molar-refractivity contribution in [2.24, 2.45) is 0 Å². The third-order valence-electron chi connectivity index (χ3n) is 4.74. The zero-order chi connectivity index (χ0) is 17.6. The molecular weight excluding hydrogens is 316 g/mol. The highest BCUT2D eigenvalue weighted by Gasteiger charge is 2.14. The number of hydrogen-bond donors (Lipinski definition) is 1. The Bertz CT molecular complexity index is 1220. The van der Waals surface area contributed by atoms with Gasteiger partial charge in [-0.2, -0.15) is 0 Å². The van der Waals surface area contributed by atoms with Crippen molar-refractivity contribution in [1.29, 1.82) is 0 Å². The fraction of sp³-hybridized carbons (Fsp3) is 0.200. The van der Waals surface area contributed by atoms with Gasteiger partial charge in [0.15, 0.2) is 10.9 Å². The molecule has 25 heavy (non-hydrogen) atoms. The van der Waals surface area contributed by atoms with Crippen molar-refractivity contribution in [3.8, 4) is 0 Å². The summed E-state index contributed by atoms with van der Waals surface area (Å²) in [6, 6.07) is 6.70. The Hall–Kier alpha value is -3.08. The van der Waals surface area contributed by atoms with Gasteiger partial charge in [0, 0.05) is 52.4 Å². The molecule has 0 spiro atoms. The summed E-state index contributed by atoms with van der Waals surface area (Å²) in [6.07, 6.45) is 4.98. The molecular formula is C20H18N2O3. The predicted molar refractivity (Wildman–Crippen MR) is 102 cm³/mol. The van der Waals surface area contributed by atoms with Gasteiger partial charge in [0.2, 0.25) is 0 Å². The topological polar surface area (TPSA) is 66.3 Å². The average molecular weight is 334 g/mol. The number of aromatic nitrogens is 1. The van der Waals surface area contributed by atoms with Gasteiger partial charge < -0.3 is 14.3 Å². The third-order valence-corrected chi connectivity index (χ3v) is 4.74. The van der Waals surface area contributed by atoms with E-state index in [0.717, 1.165) is 34.9 Å². The van der Waals surface area contributed by atoms with Crippen molar-refractivity contribution in [3.05, 3.63) is 63.4 Å². The Balaban J connectivity index is 2.17. The van der Waals surface area contributed by atoms with Crippen molar-refractivity contribution in [1.82, 2.24) is 4.98 Å². The van der Waals surface area contributed by atoms with E-state index in [-0.39, 0.29) is 10.9 Å². The predicted octanol–water partition coefficient (Wildman–Crippen LogP) is 3.63. The molecule has 0 aliphatic carbocycles. The van der Waals surface area contributed by atoms with Gasteiger partial charge in [-0.3, -0.25) is 9.59 Å². The van der Waals surface area contributed by atoms with Crippen molar-refractivity contribution in [3.63, 3.8) is 0 Å². The lowest BCUT2D eigenvalue weighted by Crippen LogP contribution is -2.22. The van der Waals surface area contributed by atoms with Crippen LogP contribution in [-0.4, -0.2) is 18.1 Å². The number of nitrogens with one attached hydrogen (secondary N) is 1. The molecule has 4 aromatic rings. The average Bonchev–Trinajstić information content (AvgIpc) is 2.63. The monoisotopic (exact) mass is 334 g/mol. The Morgan fingerprint density at radius 1 is 1.00 bits per heavy atom. The van der Waals surface area contributed by atoms with Gasteiger partial charge in [0.05, 0.1) is 11.1 Å². The van der Waals surface area contributed by atoms with Crippen LogP contribution in [0.15, 0.2) is 57.0 Å². The molecule has 0 saturated heterocycles. The summed E-state index contributed by atoms with van der Waals surface area (Å²) < 4.78 is 5.47. The standard InChI is InChI=1S/C20H18N2O3/c1-3-22(4-2)18-11-25-10-16-15(18)7-12-9-21-17-8-13(23)5-6-14(17)19(12)20(16)24/h5-11,21H,3-4H2,1-2H3. The molecule has 0 bridgehead atoms. The molecule has 5 heteroatoms. The smallest absolute Gasteiger partial charge is 0.198 e. The molecule has 0 radical (unpaired) electrons. The number of fused-ring (bicyclic) bond motifs is 4. The second-order valence-electron chi connectivity index (χ2n) is 6.06. The van der Waals surface area contributed by atoms with Crippen LogP contribution in [0.1, 0.15) is 13.8 Å². The van der Waals surface area contributed by atoms with Crippen LogP contribution in [0.5, 0.6) is 0 Å². The van der Waals surface area contributed by atoms with Crippen LogP contribution in [0.4, 0.5) is 5.69 Å². The molecule has 1 N–H and O–H groups in total. The molecule has 0 fully saturated rings. The molecule has 0 aliphatic heterocycles. The second kappa shape index (κ2) is 5.77. The van der Waals surface area contributed by atoms with E-state index >= 15 is 0 Å². The zero-order valence-electron chi connectivity index (χ0n) is 14.1. The van der Waals surface area contributed by atoms with Crippen molar-refractivity contribution in [2.75, 3.05) is 18.0 Å². The number of aromatic amines is 1. The molecule has 0 unspecified atom stereocenters. The lowest BCUT2D eigenvalue weighted by molar-refractivity contribution is 0.555. The molecule has 0 aliphatic rings. The summed E-state index contributed by atoms with van der Waals surface area (Å²) in [6.45, 7) is 5.80. The van der Waals surface area contributed by atoms with Crippen LogP contribution >= 0.6 is 0 Å². The van der Waals surface area contributed by atoms with E-state index < -0.39 is 0 Å². The number of hydrogen-bond acceptors (Lipinski definition) is 4. The summed E-state index contributed by atoms with van der Waals surface area (Å²) in [5.74, 6) is 0. The van der Waals surface area contributed by atoms with Crippen LogP contribution in [0.25, 0.3) is 32.4 Å². The Kier molecular flexibility index (Phi) is 3.57. The molecule has 5 nitrogen and oxygen atoms in total. The fourth-order valence-electron chi connectivity index (χ4n) is 3.47. The van der Waals surface area contributed by atoms with Gasteiger partial charge in [0.1, 0.15) is 12.5 Å². The third kappa shape index (κ3) is 2.31. The molecule has 0 atom stereocenters. The first kappa shape index (κ1) is 15.4. The lowest BCUT2D eigenvalue weighted by Gasteiger charge is -2.22. The number of pyridine rings is 1. The van der Waals surface area contributed by atoms with E-state index in [4.69, 9.17) is 4.42 Å². The molecule has 2 aromatic carbocycles. The normalized spacial score (nSPS) is 11.4. The second-order valence-corrected chi connectivity index (χ2v) is 6.06. The van der Waals surface area contributed by atoms with Crippen LogP contribution < -0.4 is 15.8 Å². The van der Waals surface area contributed by atoms with E-state index in [0.29, 0.717) is 16.3 Å². The van der Waals surface area contributed by atoms with Gasteiger partial charge in [0.25, 0.3) is 0 Å². The molecule has 2 aromatic heterocycles. The van der Waals surface area contributed by atoms with Gasteiger partial charge in [-0.05, 0) is 32.0 Å². The summed E-state index contributed by atoms with van der Waals surface area (Å²) in [5, 5.41) is 3.60. The SMILES string of the molecule is CCN(CC)c1cocc2c(=O)c3c(c[nH]c4cc(=O)ccc43)cc12. The highest BCUT2D eigenvalue weighted by Crippen LogP contribution is 2.29. The van der Waals surface area contributed by atoms with Crippen LogP contribution in [0.3, 0.4) is 0 Å². The van der Waals surface area contributed by atoms with Gasteiger partial charge in [-0.15, -0.1) is 0 Å². The minimum absolute atomic E-state index is 0.0806. The fourth-order valence-corrected chi connectivity index (χ4v) is 3.47. The molecule has 2 heterocycles. The van der Waals surface area contributed by atoms with Crippen LogP contribution in [0, 0.1) is 0 Å². The summed E-state index contributed by atoms with van der Waals surface area (Å²) >= 11 is 0. The van der Waals surface area contributed by atoms with Gasteiger partial charge >= 0.3 is 0 Å². The Morgan fingerprint density at radius 3 is 2.56 bits per heavy atom. The minimum Gasteiger partial charge on any atom is -0.470 e. The van der Waals surface area contributed by atoms with Crippen molar-refractivity contribution in [2.45, 2.75) is 13.8 Å². The number of anilines is 1. The first-order valence-electron chi connectivity index (χ1n) is 8.37. The first-order chi connectivity index (χ1) is 12.1. The van der Waals surface area contributed by atoms with E-state index in [1.54, 1.807) is 18.5 Å². The van der Waals surface area contributed by atoms with E-state index in [2.05, 4.69) is 23.7 Å².